The molecule has 9 nitrogen and oxygen atoms in total. The number of rotatable bonds is 9. The number of nitrogens with zero attached hydrogens (tertiary/aromatic N) is 2. The van der Waals surface area contributed by atoms with Gasteiger partial charge in [0, 0.05) is 6.54 Å². The molecule has 30 heavy (non-hydrogen) atoms. The van der Waals surface area contributed by atoms with E-state index < -0.39 is 30.4 Å². The molecule has 164 valence electrons. The number of halogens is 2. The largest absolute Gasteiger partial charge is 0.469 e. The Balaban J connectivity index is 2.07. The molecule has 2 aromatic rings. The van der Waals surface area contributed by atoms with Crippen LogP contribution in [0.3, 0.4) is 0 Å². The number of carbonyl (C=O) groups is 2. The van der Waals surface area contributed by atoms with Gasteiger partial charge in [-0.25, -0.2) is 18.4 Å². The predicted molar refractivity (Wildman–Crippen MR) is 108 cm³/mol. The quantitative estimate of drug-likeness (QED) is 0.513. The number of nitrogens with two attached hydrogens (primary N) is 1. The minimum absolute atomic E-state index is 0.0544. The van der Waals surface area contributed by atoms with Crippen molar-refractivity contribution in [3.8, 4) is 11.6 Å². The molecule has 0 saturated heterocycles. The van der Waals surface area contributed by atoms with Gasteiger partial charge in [-0.1, -0.05) is 0 Å². The molecule has 0 saturated carbocycles. The van der Waals surface area contributed by atoms with Gasteiger partial charge in [-0.05, 0) is 63.2 Å². The molecule has 0 aliphatic carbocycles. The highest BCUT2D eigenvalue weighted by atomic mass is 32.1. The first-order chi connectivity index (χ1) is 14.2. The average molecular weight is 443 g/mol. The lowest BCUT2D eigenvalue weighted by Crippen LogP contribution is -2.31. The minimum Gasteiger partial charge on any atom is -0.469 e. The monoisotopic (exact) mass is 443 g/mol. The van der Waals surface area contributed by atoms with Crippen molar-refractivity contribution in [2.45, 2.75) is 20.0 Å². The van der Waals surface area contributed by atoms with Crippen molar-refractivity contribution < 1.29 is 27.8 Å². The third-order valence-electron chi connectivity index (χ3n) is 3.76. The van der Waals surface area contributed by atoms with Crippen LogP contribution in [0.15, 0.2) is 12.1 Å². The van der Waals surface area contributed by atoms with Crippen molar-refractivity contribution >= 4 is 28.7 Å². The van der Waals surface area contributed by atoms with Gasteiger partial charge in [0.25, 0.3) is 5.88 Å². The number of aromatic nitrogens is 1. The van der Waals surface area contributed by atoms with E-state index in [0.717, 1.165) is 36.6 Å². The fraction of sp³-hybridized carbons (Fsp3) is 0.389. The Morgan fingerprint density at radius 2 is 1.93 bits per heavy atom. The van der Waals surface area contributed by atoms with E-state index in [2.05, 4.69) is 15.0 Å². The highest BCUT2D eigenvalue weighted by Gasteiger charge is 2.22. The van der Waals surface area contributed by atoms with Crippen molar-refractivity contribution in [1.29, 1.82) is 0 Å². The third kappa shape index (κ3) is 6.81. The fourth-order valence-electron chi connectivity index (χ4n) is 2.38. The van der Waals surface area contributed by atoms with E-state index in [9.17, 15) is 18.4 Å². The van der Waals surface area contributed by atoms with E-state index >= 15 is 0 Å². The SMILES string of the molecule is Cc1cc(F)c(COc2nsc(NC(=O)NCCCN(C)C)c2OC(N)=O)c(F)c1. The van der Waals surface area contributed by atoms with Crippen LogP contribution in [-0.2, 0) is 6.61 Å². The Hall–Kier alpha value is -2.99. The van der Waals surface area contributed by atoms with Gasteiger partial charge in [0.2, 0.25) is 5.75 Å². The lowest BCUT2D eigenvalue weighted by Gasteiger charge is -2.11. The molecule has 0 unspecified atom stereocenters. The molecule has 1 heterocycles. The molecule has 0 atom stereocenters. The zero-order valence-corrected chi connectivity index (χ0v) is 17.6. The summed E-state index contributed by atoms with van der Waals surface area (Å²) in [6, 6.07) is 1.78. The van der Waals surface area contributed by atoms with Gasteiger partial charge in [-0.2, -0.15) is 0 Å². The number of hydrogen-bond donors (Lipinski definition) is 3. The van der Waals surface area contributed by atoms with Crippen molar-refractivity contribution in [1.82, 2.24) is 14.6 Å². The second kappa shape index (κ2) is 10.7. The average Bonchev–Trinajstić information content (AvgIpc) is 2.98. The molecular formula is C18H23F2N5O4S. The standard InChI is InChI=1S/C18H23F2N5O4S/c1-10-7-12(19)11(13(20)8-10)9-28-15-14(29-17(21)26)16(30-24-15)23-18(27)22-5-4-6-25(2)3/h7-8H,4-6,9H2,1-3H3,(H2,21,26)(H2,22,23,27). The Morgan fingerprint density at radius 3 is 2.53 bits per heavy atom. The predicted octanol–water partition coefficient (Wildman–Crippen LogP) is 2.84. The number of anilines is 1. The van der Waals surface area contributed by atoms with Gasteiger partial charge in [-0.15, -0.1) is 4.37 Å². The first-order valence-electron chi connectivity index (χ1n) is 8.91. The number of primary amides is 1. The molecule has 4 N–H and O–H groups in total. The molecule has 12 heteroatoms. The molecule has 0 aliphatic rings. The van der Waals surface area contributed by atoms with Gasteiger partial charge in [0.1, 0.15) is 18.2 Å². The summed E-state index contributed by atoms with van der Waals surface area (Å²) in [4.78, 5) is 25.2. The van der Waals surface area contributed by atoms with Gasteiger partial charge in [0.15, 0.2) is 5.00 Å². The third-order valence-corrected chi connectivity index (χ3v) is 4.48. The molecule has 1 aromatic heterocycles. The highest BCUT2D eigenvalue weighted by molar-refractivity contribution is 7.11. The van der Waals surface area contributed by atoms with Crippen LogP contribution >= 0.6 is 11.5 Å². The van der Waals surface area contributed by atoms with E-state index in [-0.39, 0.29) is 22.2 Å². The number of benzene rings is 1. The summed E-state index contributed by atoms with van der Waals surface area (Å²) in [6.07, 6.45) is -0.433. The number of hydrogen-bond acceptors (Lipinski definition) is 7. The molecule has 2 rings (SSSR count). The lowest BCUT2D eigenvalue weighted by atomic mass is 10.1. The van der Waals surface area contributed by atoms with E-state index in [0.29, 0.717) is 12.1 Å². The van der Waals surface area contributed by atoms with Crippen molar-refractivity contribution in [2.24, 2.45) is 5.73 Å². The zero-order chi connectivity index (χ0) is 22.3. The highest BCUT2D eigenvalue weighted by Crippen LogP contribution is 2.39. The van der Waals surface area contributed by atoms with E-state index in [4.69, 9.17) is 15.2 Å². The fourth-order valence-corrected chi connectivity index (χ4v) is 3.04. The molecule has 0 aliphatic heterocycles. The smallest absolute Gasteiger partial charge is 0.410 e. The Morgan fingerprint density at radius 1 is 1.27 bits per heavy atom. The van der Waals surface area contributed by atoms with Crippen molar-refractivity contribution in [2.75, 3.05) is 32.5 Å². The zero-order valence-electron chi connectivity index (χ0n) is 16.8. The molecular weight excluding hydrogens is 420 g/mol. The van der Waals surface area contributed by atoms with Crippen LogP contribution < -0.4 is 25.8 Å². The second-order valence-electron chi connectivity index (χ2n) is 6.60. The number of amides is 3. The van der Waals surface area contributed by atoms with Crippen LogP contribution in [0.2, 0.25) is 0 Å². The maximum Gasteiger partial charge on any atom is 0.410 e. The van der Waals surface area contributed by atoms with Crippen LogP contribution in [0, 0.1) is 18.6 Å². The molecule has 0 radical (unpaired) electrons. The topological polar surface area (TPSA) is 119 Å². The molecule has 3 amide bonds. The molecule has 0 bridgehead atoms. The van der Waals surface area contributed by atoms with Crippen LogP contribution in [0.5, 0.6) is 11.6 Å². The Kier molecular flexibility index (Phi) is 8.30. The number of aryl methyl sites for hydroxylation is 1. The van der Waals surface area contributed by atoms with Gasteiger partial charge in [-0.3, -0.25) is 5.32 Å². The first-order valence-corrected chi connectivity index (χ1v) is 9.68. The molecule has 0 fully saturated rings. The summed E-state index contributed by atoms with van der Waals surface area (Å²) in [5.41, 5.74) is 5.16. The lowest BCUT2D eigenvalue weighted by molar-refractivity contribution is 0.205. The molecule has 0 spiro atoms. The van der Waals surface area contributed by atoms with Crippen molar-refractivity contribution in [3.63, 3.8) is 0 Å². The number of urea groups is 1. The normalized spacial score (nSPS) is 10.7. The number of carbonyl (C=O) groups excluding carboxylic acids is 2. The maximum atomic E-state index is 14.0. The van der Waals surface area contributed by atoms with Gasteiger partial charge < -0.3 is 25.4 Å². The number of nitrogens with one attached hydrogen (secondary N) is 2. The Labute approximate surface area is 176 Å². The molecule has 1 aromatic carbocycles. The minimum atomic E-state index is -1.16. The summed E-state index contributed by atoms with van der Waals surface area (Å²) < 4.78 is 42.1. The van der Waals surface area contributed by atoms with Crippen LogP contribution in [-0.4, -0.2) is 48.6 Å². The Bertz CT molecular complexity index is 884. The van der Waals surface area contributed by atoms with Crippen molar-refractivity contribution in [3.05, 3.63) is 34.9 Å². The van der Waals surface area contributed by atoms with Crippen LogP contribution in [0.25, 0.3) is 0 Å². The second-order valence-corrected chi connectivity index (χ2v) is 7.37. The van der Waals surface area contributed by atoms with Crippen LogP contribution in [0.1, 0.15) is 17.5 Å². The van der Waals surface area contributed by atoms with E-state index in [1.54, 1.807) is 6.92 Å². The first kappa shape index (κ1) is 23.3. The van der Waals surface area contributed by atoms with Gasteiger partial charge >= 0.3 is 12.1 Å². The van der Waals surface area contributed by atoms with Crippen LogP contribution in [0.4, 0.5) is 23.4 Å². The summed E-state index contributed by atoms with van der Waals surface area (Å²) in [5, 5.41) is 5.18. The summed E-state index contributed by atoms with van der Waals surface area (Å²) in [6.45, 7) is 2.26. The number of ether oxygens (including phenoxy) is 2. The van der Waals surface area contributed by atoms with Gasteiger partial charge in [0.05, 0.1) is 5.56 Å². The maximum absolute atomic E-state index is 14.0. The summed E-state index contributed by atoms with van der Waals surface area (Å²) in [7, 11) is 3.83. The summed E-state index contributed by atoms with van der Waals surface area (Å²) >= 11 is 0.761. The van der Waals surface area contributed by atoms with E-state index in [1.807, 2.05) is 19.0 Å². The van der Waals surface area contributed by atoms with E-state index in [1.165, 1.54) is 0 Å². The summed E-state index contributed by atoms with van der Waals surface area (Å²) in [5.74, 6) is -2.05.